The van der Waals surface area contributed by atoms with Crippen LogP contribution in [-0.2, 0) is 6.42 Å². The van der Waals surface area contributed by atoms with Crippen LogP contribution < -0.4 is 5.32 Å². The molecule has 0 heterocycles. The van der Waals surface area contributed by atoms with E-state index in [1.54, 1.807) is 0 Å². The number of carbonyl (C=O) groups is 1. The number of amides is 1. The minimum Gasteiger partial charge on any atom is -0.349 e. The molecule has 1 aliphatic carbocycles. The van der Waals surface area contributed by atoms with Crippen molar-refractivity contribution in [3.63, 3.8) is 0 Å². The van der Waals surface area contributed by atoms with E-state index in [1.807, 2.05) is 24.3 Å². The summed E-state index contributed by atoms with van der Waals surface area (Å²) in [7, 11) is 0. The summed E-state index contributed by atoms with van der Waals surface area (Å²) in [6.07, 6.45) is 3.02. The topological polar surface area (TPSA) is 29.1 Å². The van der Waals surface area contributed by atoms with Crippen LogP contribution in [-0.4, -0.2) is 11.9 Å². The molecule has 1 amide bonds. The molecular formula is C12H14NO. The number of hydrogen-bond acceptors (Lipinski definition) is 1. The Hall–Kier alpha value is -1.31. The van der Waals surface area contributed by atoms with Crippen molar-refractivity contribution in [2.75, 3.05) is 0 Å². The Kier molecular flexibility index (Phi) is 2.53. The molecule has 0 aliphatic heterocycles. The molecule has 0 aromatic heterocycles. The van der Waals surface area contributed by atoms with Crippen LogP contribution in [0, 0.1) is 6.92 Å². The van der Waals surface area contributed by atoms with E-state index >= 15 is 0 Å². The van der Waals surface area contributed by atoms with Gasteiger partial charge in [-0.25, -0.2) is 0 Å². The molecule has 1 radical (unpaired) electrons. The molecule has 1 aromatic rings. The summed E-state index contributed by atoms with van der Waals surface area (Å²) in [4.78, 5) is 11.6. The molecule has 0 bridgehead atoms. The van der Waals surface area contributed by atoms with Crippen LogP contribution >= 0.6 is 0 Å². The molecule has 2 heteroatoms. The molecule has 1 aromatic carbocycles. The van der Waals surface area contributed by atoms with Crippen LogP contribution in [0.3, 0.4) is 0 Å². The summed E-state index contributed by atoms with van der Waals surface area (Å²) in [5.41, 5.74) is 1.90. The summed E-state index contributed by atoms with van der Waals surface area (Å²) in [6, 6.07) is 8.05. The molecule has 1 N–H and O–H groups in total. The molecule has 0 atom stereocenters. The molecule has 0 saturated heterocycles. The standard InChI is InChI=1S/C12H14NO/c1-2-9-3-5-10(6-4-9)12(14)13-11-7-8-11/h3-6,11H,1-2,7-8H2,(H,13,14). The van der Waals surface area contributed by atoms with Gasteiger partial charge < -0.3 is 5.32 Å². The zero-order valence-corrected chi connectivity index (χ0v) is 8.12. The van der Waals surface area contributed by atoms with E-state index in [4.69, 9.17) is 0 Å². The van der Waals surface area contributed by atoms with Crippen LogP contribution in [0.4, 0.5) is 0 Å². The maximum Gasteiger partial charge on any atom is 0.251 e. The molecule has 73 valence electrons. The van der Waals surface area contributed by atoms with E-state index in [9.17, 15) is 4.79 Å². The van der Waals surface area contributed by atoms with Crippen molar-refractivity contribution in [1.82, 2.24) is 5.32 Å². The van der Waals surface area contributed by atoms with Crippen molar-refractivity contribution in [2.45, 2.75) is 25.3 Å². The second kappa shape index (κ2) is 3.82. The summed E-state index contributed by atoms with van der Waals surface area (Å²) in [6.45, 7) is 3.79. The number of benzene rings is 1. The fourth-order valence-electron chi connectivity index (χ4n) is 1.32. The second-order valence-electron chi connectivity index (χ2n) is 3.69. The van der Waals surface area contributed by atoms with Crippen LogP contribution in [0.15, 0.2) is 24.3 Å². The lowest BCUT2D eigenvalue weighted by atomic mass is 10.1. The van der Waals surface area contributed by atoms with Gasteiger partial charge in [-0.1, -0.05) is 12.1 Å². The predicted molar refractivity (Wildman–Crippen MR) is 56.0 cm³/mol. The Balaban J connectivity index is 2.03. The molecule has 1 saturated carbocycles. The Bertz CT molecular complexity index is 325. The number of rotatable bonds is 3. The third kappa shape index (κ3) is 2.13. The highest BCUT2D eigenvalue weighted by Crippen LogP contribution is 2.19. The van der Waals surface area contributed by atoms with Crippen molar-refractivity contribution in [1.29, 1.82) is 0 Å². The van der Waals surface area contributed by atoms with E-state index in [2.05, 4.69) is 12.2 Å². The van der Waals surface area contributed by atoms with E-state index < -0.39 is 0 Å². The summed E-state index contributed by atoms with van der Waals surface area (Å²) < 4.78 is 0. The molecule has 14 heavy (non-hydrogen) atoms. The van der Waals surface area contributed by atoms with Gasteiger partial charge in [0.05, 0.1) is 0 Å². The van der Waals surface area contributed by atoms with Crippen molar-refractivity contribution >= 4 is 5.91 Å². The number of hydrogen-bond donors (Lipinski definition) is 1. The normalized spacial score (nSPS) is 15.2. The summed E-state index contributed by atoms with van der Waals surface area (Å²) in [5, 5.41) is 2.95. The zero-order valence-electron chi connectivity index (χ0n) is 8.12. The average Bonchev–Trinajstić information content (AvgIpc) is 3.02. The monoisotopic (exact) mass is 188 g/mol. The first-order valence-electron chi connectivity index (χ1n) is 4.98. The van der Waals surface area contributed by atoms with Gasteiger partial charge in [-0.05, 0) is 43.9 Å². The van der Waals surface area contributed by atoms with Crippen molar-refractivity contribution in [3.05, 3.63) is 42.3 Å². The third-order valence-electron chi connectivity index (χ3n) is 2.42. The lowest BCUT2D eigenvalue weighted by Crippen LogP contribution is -2.25. The van der Waals surface area contributed by atoms with Gasteiger partial charge in [0.15, 0.2) is 0 Å². The minimum absolute atomic E-state index is 0.0445. The SMILES string of the molecule is [CH2]Cc1ccc(C(=O)NC2CC2)cc1. The van der Waals surface area contributed by atoms with Gasteiger partial charge in [-0.15, -0.1) is 0 Å². The Morgan fingerprint density at radius 2 is 2.00 bits per heavy atom. The van der Waals surface area contributed by atoms with Gasteiger partial charge in [-0.2, -0.15) is 0 Å². The fraction of sp³-hybridized carbons (Fsp3) is 0.333. The smallest absolute Gasteiger partial charge is 0.251 e. The van der Waals surface area contributed by atoms with Crippen LogP contribution in [0.1, 0.15) is 28.8 Å². The molecule has 1 fully saturated rings. The first-order chi connectivity index (χ1) is 6.79. The number of nitrogens with one attached hydrogen (secondary N) is 1. The summed E-state index contributed by atoms with van der Waals surface area (Å²) >= 11 is 0. The van der Waals surface area contributed by atoms with Crippen molar-refractivity contribution < 1.29 is 4.79 Å². The Morgan fingerprint density at radius 1 is 1.36 bits per heavy atom. The molecular weight excluding hydrogens is 174 g/mol. The van der Waals surface area contributed by atoms with E-state index in [0.717, 1.165) is 30.4 Å². The molecule has 1 aliphatic rings. The minimum atomic E-state index is 0.0445. The molecule has 2 rings (SSSR count). The second-order valence-corrected chi connectivity index (χ2v) is 3.69. The Labute approximate surface area is 84.3 Å². The van der Waals surface area contributed by atoms with Gasteiger partial charge in [0.2, 0.25) is 0 Å². The van der Waals surface area contributed by atoms with Crippen molar-refractivity contribution in [2.24, 2.45) is 0 Å². The van der Waals surface area contributed by atoms with Crippen LogP contribution in [0.2, 0.25) is 0 Å². The van der Waals surface area contributed by atoms with Crippen LogP contribution in [0.5, 0.6) is 0 Å². The number of carbonyl (C=O) groups excluding carboxylic acids is 1. The van der Waals surface area contributed by atoms with E-state index in [1.165, 1.54) is 0 Å². The molecule has 0 spiro atoms. The van der Waals surface area contributed by atoms with Gasteiger partial charge >= 0.3 is 0 Å². The summed E-state index contributed by atoms with van der Waals surface area (Å²) in [5.74, 6) is 0.0445. The highest BCUT2D eigenvalue weighted by molar-refractivity contribution is 5.94. The average molecular weight is 188 g/mol. The van der Waals surface area contributed by atoms with E-state index in [-0.39, 0.29) is 5.91 Å². The highest BCUT2D eigenvalue weighted by atomic mass is 16.1. The van der Waals surface area contributed by atoms with Crippen molar-refractivity contribution in [3.8, 4) is 0 Å². The Morgan fingerprint density at radius 3 is 2.50 bits per heavy atom. The maximum atomic E-state index is 11.6. The highest BCUT2D eigenvalue weighted by Gasteiger charge is 2.23. The first-order valence-corrected chi connectivity index (χ1v) is 4.98. The zero-order chi connectivity index (χ0) is 9.97. The van der Waals surface area contributed by atoms with Gasteiger partial charge in [0.25, 0.3) is 5.91 Å². The molecule has 0 unspecified atom stereocenters. The van der Waals surface area contributed by atoms with Gasteiger partial charge in [0, 0.05) is 11.6 Å². The lowest BCUT2D eigenvalue weighted by Gasteiger charge is -2.03. The largest absolute Gasteiger partial charge is 0.349 e. The fourth-order valence-corrected chi connectivity index (χ4v) is 1.32. The third-order valence-corrected chi connectivity index (χ3v) is 2.42. The molecule has 2 nitrogen and oxygen atoms in total. The first kappa shape index (κ1) is 9.25. The maximum absolute atomic E-state index is 11.6. The van der Waals surface area contributed by atoms with E-state index in [0.29, 0.717) is 6.04 Å². The predicted octanol–water partition coefficient (Wildman–Crippen LogP) is 1.96. The lowest BCUT2D eigenvalue weighted by molar-refractivity contribution is 0.0951. The van der Waals surface area contributed by atoms with Gasteiger partial charge in [-0.3, -0.25) is 4.79 Å². The van der Waals surface area contributed by atoms with Gasteiger partial charge in [0.1, 0.15) is 0 Å². The quantitative estimate of drug-likeness (QED) is 0.771. The van der Waals surface area contributed by atoms with Crippen LogP contribution in [0.25, 0.3) is 0 Å².